The first-order chi connectivity index (χ1) is 13.8. The van der Waals surface area contributed by atoms with Crippen LogP contribution in [0.4, 0.5) is 0 Å². The van der Waals surface area contributed by atoms with Crippen molar-refractivity contribution in [3.8, 4) is 0 Å². The Labute approximate surface area is 182 Å². The second kappa shape index (κ2) is 6.98. The zero-order chi connectivity index (χ0) is 20.3. The molecule has 2 aromatic carbocycles. The lowest BCUT2D eigenvalue weighted by molar-refractivity contribution is -0.0212. The number of hydrogen-bond acceptors (Lipinski definition) is 2. The van der Waals surface area contributed by atoms with Gasteiger partial charge in [0.05, 0.1) is 15.8 Å². The lowest BCUT2D eigenvalue weighted by Gasteiger charge is -2.63. The van der Waals surface area contributed by atoms with E-state index in [1.807, 2.05) is 36.4 Å². The van der Waals surface area contributed by atoms with E-state index in [-0.39, 0.29) is 21.7 Å². The molecule has 0 heterocycles. The first kappa shape index (κ1) is 19.9. The molecule has 0 saturated heterocycles. The minimum atomic E-state index is -3.67. The molecule has 0 amide bonds. The number of hydrogen-bond donors (Lipinski definition) is 1. The van der Waals surface area contributed by atoms with Gasteiger partial charge in [-0.3, -0.25) is 0 Å². The van der Waals surface area contributed by atoms with Crippen LogP contribution in [0.15, 0.2) is 65.6 Å². The highest BCUT2D eigenvalue weighted by molar-refractivity contribution is 7.89. The van der Waals surface area contributed by atoms with Crippen LogP contribution in [-0.4, -0.2) is 18.2 Å². The average Bonchev–Trinajstić information content (AvgIpc) is 2.66. The Bertz CT molecular complexity index is 1000. The van der Waals surface area contributed by atoms with Crippen LogP contribution in [-0.2, 0) is 10.0 Å². The zero-order valence-corrected chi connectivity index (χ0v) is 18.4. The molecule has 0 aromatic heterocycles. The molecule has 2 aromatic rings. The lowest BCUT2D eigenvalue weighted by atomic mass is 9.49. The number of halogens is 2. The first-order valence-electron chi connectivity index (χ1n) is 10.3. The normalized spacial score (nSPS) is 36.8. The van der Waals surface area contributed by atoms with E-state index in [9.17, 15) is 8.42 Å². The van der Waals surface area contributed by atoms with Crippen LogP contribution in [0, 0.1) is 17.8 Å². The topological polar surface area (TPSA) is 46.2 Å². The highest BCUT2D eigenvalue weighted by Crippen LogP contribution is 2.66. The van der Waals surface area contributed by atoms with E-state index < -0.39 is 14.9 Å². The third-order valence-corrected chi connectivity index (χ3v) is 9.56. The Morgan fingerprint density at radius 3 is 2.21 bits per heavy atom. The van der Waals surface area contributed by atoms with Crippen LogP contribution in [0.3, 0.4) is 0 Å². The van der Waals surface area contributed by atoms with Crippen molar-refractivity contribution in [1.82, 2.24) is 4.72 Å². The van der Waals surface area contributed by atoms with Crippen LogP contribution in [0.25, 0.3) is 0 Å². The standard InChI is InChI=1S/C23H25Cl2NO2S/c24-22-12-16-11-18(14-22)20(23(25,13-16)15-22)21(17-7-3-1-4-8-17)26-29(27,28)19-9-5-2-6-10-19/h1-10,16,18,20-21,26H,11-15H2/t16-,18+,20-,21+,22+,23+/m1/s1. The van der Waals surface area contributed by atoms with Crippen LogP contribution < -0.4 is 4.72 Å². The van der Waals surface area contributed by atoms with Crippen molar-refractivity contribution in [2.75, 3.05) is 0 Å². The molecule has 4 saturated carbocycles. The smallest absolute Gasteiger partial charge is 0.207 e. The summed E-state index contributed by atoms with van der Waals surface area (Å²) in [5.74, 6) is 0.902. The molecule has 6 heteroatoms. The van der Waals surface area contributed by atoms with Gasteiger partial charge in [0.15, 0.2) is 0 Å². The summed E-state index contributed by atoms with van der Waals surface area (Å²) >= 11 is 14.2. The summed E-state index contributed by atoms with van der Waals surface area (Å²) < 4.78 is 29.5. The van der Waals surface area contributed by atoms with Crippen molar-refractivity contribution in [2.45, 2.75) is 52.8 Å². The molecule has 154 valence electrons. The van der Waals surface area contributed by atoms with Crippen LogP contribution in [0.2, 0.25) is 0 Å². The van der Waals surface area contributed by atoms with E-state index in [1.165, 1.54) is 0 Å². The van der Waals surface area contributed by atoms with Crippen molar-refractivity contribution in [1.29, 1.82) is 0 Å². The third kappa shape index (κ3) is 3.52. The number of sulfonamides is 1. The van der Waals surface area contributed by atoms with Crippen molar-refractivity contribution < 1.29 is 8.42 Å². The predicted octanol–water partition coefficient (Wildman–Crippen LogP) is 5.50. The Hall–Kier alpha value is -1.07. The molecule has 4 bridgehead atoms. The average molecular weight is 450 g/mol. The van der Waals surface area contributed by atoms with E-state index in [0.717, 1.165) is 37.7 Å². The second-order valence-corrected chi connectivity index (χ2v) is 12.5. The molecule has 6 rings (SSSR count). The summed E-state index contributed by atoms with van der Waals surface area (Å²) in [6.07, 6.45) is 4.71. The van der Waals surface area contributed by atoms with Gasteiger partial charge in [-0.25, -0.2) is 13.1 Å². The van der Waals surface area contributed by atoms with Crippen molar-refractivity contribution >= 4 is 33.2 Å². The van der Waals surface area contributed by atoms with Crippen molar-refractivity contribution in [3.05, 3.63) is 66.2 Å². The van der Waals surface area contributed by atoms with Gasteiger partial charge in [0.1, 0.15) is 0 Å². The number of rotatable bonds is 5. The molecule has 4 aliphatic carbocycles. The van der Waals surface area contributed by atoms with E-state index >= 15 is 0 Å². The van der Waals surface area contributed by atoms with Gasteiger partial charge in [-0.15, -0.1) is 23.2 Å². The number of nitrogens with one attached hydrogen (secondary N) is 1. The quantitative estimate of drug-likeness (QED) is 0.612. The summed E-state index contributed by atoms with van der Waals surface area (Å²) in [5.41, 5.74) is 0.966. The third-order valence-electron chi connectivity index (χ3n) is 7.12. The van der Waals surface area contributed by atoms with Crippen LogP contribution in [0.5, 0.6) is 0 Å². The van der Waals surface area contributed by atoms with E-state index in [0.29, 0.717) is 11.8 Å². The molecule has 6 atom stereocenters. The fourth-order valence-corrected chi connectivity index (χ4v) is 9.18. The van der Waals surface area contributed by atoms with Gasteiger partial charge in [0, 0.05) is 10.8 Å². The Kier molecular flexibility index (Phi) is 4.78. The molecule has 29 heavy (non-hydrogen) atoms. The molecule has 0 spiro atoms. The predicted molar refractivity (Wildman–Crippen MR) is 117 cm³/mol. The van der Waals surface area contributed by atoms with Gasteiger partial charge >= 0.3 is 0 Å². The SMILES string of the molecule is O=S(=O)(N[C@@H](c1ccccc1)[C@H]1[C@H]2C[C@@H]3C[C@](Cl)(C2)C[C@@]1(Cl)C3)c1ccccc1. The molecule has 4 fully saturated rings. The molecule has 0 unspecified atom stereocenters. The Morgan fingerprint density at radius 1 is 0.931 bits per heavy atom. The molecule has 0 radical (unpaired) electrons. The minimum Gasteiger partial charge on any atom is -0.207 e. The highest BCUT2D eigenvalue weighted by Gasteiger charge is 2.63. The Balaban J connectivity index is 1.56. The van der Waals surface area contributed by atoms with E-state index in [1.54, 1.807) is 24.3 Å². The molecule has 0 aliphatic heterocycles. The summed E-state index contributed by atoms with van der Waals surface area (Å²) in [6.45, 7) is 0. The van der Waals surface area contributed by atoms with Gasteiger partial charge in [0.25, 0.3) is 0 Å². The first-order valence-corrected chi connectivity index (χ1v) is 12.5. The monoisotopic (exact) mass is 449 g/mol. The fourth-order valence-electron chi connectivity index (χ4n) is 6.41. The fraction of sp³-hybridized carbons (Fsp3) is 0.478. The summed E-state index contributed by atoms with van der Waals surface area (Å²) in [4.78, 5) is -0.406. The maximum atomic E-state index is 13.2. The maximum absolute atomic E-state index is 13.2. The van der Waals surface area contributed by atoms with Gasteiger partial charge in [-0.1, -0.05) is 48.5 Å². The molecule has 4 aliphatic rings. The molecular formula is C23H25Cl2NO2S. The maximum Gasteiger partial charge on any atom is 0.241 e. The van der Waals surface area contributed by atoms with Gasteiger partial charge in [0.2, 0.25) is 10.0 Å². The molecule has 3 nitrogen and oxygen atoms in total. The Morgan fingerprint density at radius 2 is 1.59 bits per heavy atom. The zero-order valence-electron chi connectivity index (χ0n) is 16.1. The largest absolute Gasteiger partial charge is 0.241 e. The van der Waals surface area contributed by atoms with E-state index in [4.69, 9.17) is 23.2 Å². The number of benzene rings is 2. The van der Waals surface area contributed by atoms with E-state index in [2.05, 4.69) is 4.72 Å². The van der Waals surface area contributed by atoms with Crippen molar-refractivity contribution in [2.24, 2.45) is 17.8 Å². The summed E-state index contributed by atoms with van der Waals surface area (Å²) in [7, 11) is -3.67. The van der Waals surface area contributed by atoms with Crippen LogP contribution >= 0.6 is 23.2 Å². The van der Waals surface area contributed by atoms with Gasteiger partial charge in [-0.05, 0) is 61.6 Å². The highest BCUT2D eigenvalue weighted by atomic mass is 35.5. The van der Waals surface area contributed by atoms with Crippen molar-refractivity contribution in [3.63, 3.8) is 0 Å². The molecular weight excluding hydrogens is 425 g/mol. The van der Waals surface area contributed by atoms with Gasteiger partial charge < -0.3 is 0 Å². The van der Waals surface area contributed by atoms with Crippen LogP contribution in [0.1, 0.15) is 43.7 Å². The minimum absolute atomic E-state index is 0.0217. The second-order valence-electron chi connectivity index (χ2n) is 9.18. The summed E-state index contributed by atoms with van der Waals surface area (Å²) in [5, 5.41) is 0. The van der Waals surface area contributed by atoms with Gasteiger partial charge in [-0.2, -0.15) is 0 Å². The number of alkyl halides is 2. The molecule has 1 N–H and O–H groups in total. The lowest BCUT2D eigenvalue weighted by Crippen LogP contribution is -2.62. The summed E-state index contributed by atoms with van der Waals surface area (Å²) in [6, 6.07) is 18.1.